The second kappa shape index (κ2) is 6.36. The van der Waals surface area contributed by atoms with Gasteiger partial charge in [0.1, 0.15) is 0 Å². The molecule has 0 fully saturated rings. The van der Waals surface area contributed by atoms with E-state index in [0.29, 0.717) is 11.6 Å². The number of aryl methyl sites for hydroxylation is 2. The maximum absolute atomic E-state index is 11.6. The summed E-state index contributed by atoms with van der Waals surface area (Å²) in [5.41, 5.74) is 3.33. The summed E-state index contributed by atoms with van der Waals surface area (Å²) in [5.74, 6) is 0.621. The van der Waals surface area contributed by atoms with Crippen LogP contribution in [0.5, 0.6) is 5.88 Å². The number of hydrogen-bond donors (Lipinski definition) is 1. The Kier molecular flexibility index (Phi) is 4.71. The molecule has 2 rings (SSSR count). The largest absolute Gasteiger partial charge is 0.481 e. The van der Waals surface area contributed by atoms with E-state index in [1.165, 1.54) is 6.26 Å². The van der Waals surface area contributed by atoms with Crippen LogP contribution in [0.15, 0.2) is 35.2 Å². The summed E-state index contributed by atoms with van der Waals surface area (Å²) in [4.78, 5) is 4.71. The zero-order valence-corrected chi connectivity index (χ0v) is 14.0. The van der Waals surface area contributed by atoms with Crippen LogP contribution in [0.2, 0.25) is 0 Å². The first-order valence-electron chi connectivity index (χ1n) is 6.96. The maximum atomic E-state index is 11.6. The number of benzene rings is 1. The predicted molar refractivity (Wildman–Crippen MR) is 87.7 cm³/mol. The van der Waals surface area contributed by atoms with E-state index >= 15 is 0 Å². The van der Waals surface area contributed by atoms with E-state index in [9.17, 15) is 8.42 Å². The summed E-state index contributed by atoms with van der Waals surface area (Å²) in [6.07, 6.45) is 2.00. The summed E-state index contributed by atoms with van der Waals surface area (Å²) in [7, 11) is -1.63. The van der Waals surface area contributed by atoms with E-state index in [2.05, 4.69) is 10.3 Å². The smallest absolute Gasteiger partial charge is 0.216 e. The molecular weight excluding hydrogens is 300 g/mol. The van der Waals surface area contributed by atoms with Crippen molar-refractivity contribution in [3.63, 3.8) is 0 Å². The highest BCUT2D eigenvalue weighted by Crippen LogP contribution is 2.27. The molecule has 0 unspecified atom stereocenters. The molecule has 0 aliphatic heterocycles. The van der Waals surface area contributed by atoms with Gasteiger partial charge >= 0.3 is 0 Å². The van der Waals surface area contributed by atoms with Crippen LogP contribution >= 0.6 is 0 Å². The average Bonchev–Trinajstić information content (AvgIpc) is 2.48. The topological polar surface area (TPSA) is 68.3 Å². The molecule has 22 heavy (non-hydrogen) atoms. The first-order valence-corrected chi connectivity index (χ1v) is 8.86. The highest BCUT2D eigenvalue weighted by atomic mass is 32.2. The number of methoxy groups -OCH3 is 1. The molecule has 0 bridgehead atoms. The molecular formula is C16H20N2O3S. The predicted octanol–water partition coefficient (Wildman–Crippen LogP) is 3.11. The number of pyridine rings is 1. The molecule has 1 aromatic carbocycles. The van der Waals surface area contributed by atoms with Crippen molar-refractivity contribution in [1.29, 1.82) is 0 Å². The zero-order chi connectivity index (χ0) is 16.3. The van der Waals surface area contributed by atoms with Crippen LogP contribution in [0.3, 0.4) is 0 Å². The Labute approximate surface area is 131 Å². The normalized spacial score (nSPS) is 11.3. The molecule has 0 aliphatic rings. The Balaban J connectivity index is 2.39. The van der Waals surface area contributed by atoms with Gasteiger partial charge in [0.2, 0.25) is 5.88 Å². The number of aromatic nitrogens is 1. The fourth-order valence-corrected chi connectivity index (χ4v) is 2.81. The van der Waals surface area contributed by atoms with Crippen molar-refractivity contribution in [1.82, 2.24) is 4.98 Å². The van der Waals surface area contributed by atoms with Crippen molar-refractivity contribution in [2.45, 2.75) is 25.2 Å². The third kappa shape index (κ3) is 3.57. The summed E-state index contributed by atoms with van der Waals surface area (Å²) in [6.45, 7) is 3.91. The molecule has 1 N–H and O–H groups in total. The number of ether oxygens (including phenoxy) is 1. The molecule has 0 spiro atoms. The van der Waals surface area contributed by atoms with Crippen molar-refractivity contribution in [2.75, 3.05) is 18.7 Å². The van der Waals surface area contributed by atoms with Gasteiger partial charge < -0.3 is 10.1 Å². The van der Waals surface area contributed by atoms with Crippen LogP contribution in [0.25, 0.3) is 0 Å². The Morgan fingerprint density at radius 2 is 2.00 bits per heavy atom. The number of nitrogens with zero attached hydrogens (tertiary/aromatic N) is 1. The lowest BCUT2D eigenvalue weighted by Crippen LogP contribution is -2.02. The average molecular weight is 320 g/mol. The third-order valence-electron chi connectivity index (χ3n) is 3.37. The van der Waals surface area contributed by atoms with Crippen molar-refractivity contribution in [2.24, 2.45) is 0 Å². The van der Waals surface area contributed by atoms with E-state index in [1.54, 1.807) is 25.3 Å². The van der Waals surface area contributed by atoms with Gasteiger partial charge in [-0.3, -0.25) is 0 Å². The van der Waals surface area contributed by atoms with Gasteiger partial charge in [-0.2, -0.15) is 0 Å². The number of nitrogens with one attached hydrogen (secondary N) is 1. The fourth-order valence-electron chi connectivity index (χ4n) is 2.14. The first kappa shape index (κ1) is 16.3. The molecule has 5 nitrogen and oxygen atoms in total. The second-order valence-electron chi connectivity index (χ2n) is 5.07. The Hall–Kier alpha value is -2.08. The van der Waals surface area contributed by atoms with Crippen molar-refractivity contribution in [3.8, 4) is 5.88 Å². The minimum atomic E-state index is -3.23. The molecule has 6 heteroatoms. The molecule has 0 amide bonds. The Bertz CT molecular complexity index is 786. The molecule has 1 aromatic heterocycles. The van der Waals surface area contributed by atoms with Crippen molar-refractivity contribution in [3.05, 3.63) is 41.6 Å². The number of rotatable bonds is 5. The quantitative estimate of drug-likeness (QED) is 0.917. The van der Waals surface area contributed by atoms with E-state index in [1.807, 2.05) is 26.0 Å². The van der Waals surface area contributed by atoms with Gasteiger partial charge in [-0.15, -0.1) is 0 Å². The maximum Gasteiger partial charge on any atom is 0.216 e. The van der Waals surface area contributed by atoms with Gasteiger partial charge in [0.25, 0.3) is 0 Å². The van der Waals surface area contributed by atoms with Crippen molar-refractivity contribution < 1.29 is 13.2 Å². The molecule has 118 valence electrons. The van der Waals surface area contributed by atoms with E-state index in [0.717, 1.165) is 23.4 Å². The number of anilines is 2. The van der Waals surface area contributed by atoms with E-state index < -0.39 is 9.84 Å². The van der Waals surface area contributed by atoms with Crippen molar-refractivity contribution >= 4 is 21.2 Å². The van der Waals surface area contributed by atoms with Crippen LogP contribution in [0, 0.1) is 6.92 Å². The zero-order valence-electron chi connectivity index (χ0n) is 13.2. The van der Waals surface area contributed by atoms with Gasteiger partial charge in [0.05, 0.1) is 23.4 Å². The summed E-state index contributed by atoms with van der Waals surface area (Å²) >= 11 is 0. The van der Waals surface area contributed by atoms with E-state index in [-0.39, 0.29) is 4.90 Å². The Morgan fingerprint density at radius 3 is 2.59 bits per heavy atom. The molecule has 2 aromatic rings. The van der Waals surface area contributed by atoms with Gasteiger partial charge in [0.15, 0.2) is 9.84 Å². The molecule has 0 atom stereocenters. The minimum Gasteiger partial charge on any atom is -0.481 e. The first-order chi connectivity index (χ1) is 10.3. The lowest BCUT2D eigenvalue weighted by atomic mass is 10.1. The monoisotopic (exact) mass is 320 g/mol. The molecule has 0 radical (unpaired) electrons. The summed E-state index contributed by atoms with van der Waals surface area (Å²) in [5, 5.41) is 3.23. The Morgan fingerprint density at radius 1 is 1.27 bits per heavy atom. The lowest BCUT2D eigenvalue weighted by Gasteiger charge is -2.14. The van der Waals surface area contributed by atoms with Crippen LogP contribution in [0.4, 0.5) is 11.4 Å². The highest BCUT2D eigenvalue weighted by Gasteiger charge is 2.11. The van der Waals surface area contributed by atoms with Crippen LogP contribution in [0.1, 0.15) is 18.2 Å². The highest BCUT2D eigenvalue weighted by molar-refractivity contribution is 7.90. The molecule has 0 saturated heterocycles. The summed E-state index contributed by atoms with van der Waals surface area (Å²) in [6, 6.07) is 8.71. The van der Waals surface area contributed by atoms with Crippen LogP contribution in [-0.4, -0.2) is 26.8 Å². The standard InChI is InChI=1S/C16H20N2O3S/c1-5-12-9-15(11(2)17-16(12)21-3)18-13-7-6-8-14(10-13)22(4,19)20/h6-10,18H,5H2,1-4H3. The summed E-state index contributed by atoms with van der Waals surface area (Å²) < 4.78 is 28.5. The molecule has 1 heterocycles. The van der Waals surface area contributed by atoms with Gasteiger partial charge in [-0.1, -0.05) is 13.0 Å². The van der Waals surface area contributed by atoms with E-state index in [4.69, 9.17) is 4.74 Å². The van der Waals surface area contributed by atoms with Gasteiger partial charge in [0, 0.05) is 17.5 Å². The van der Waals surface area contributed by atoms with Crippen LogP contribution in [-0.2, 0) is 16.3 Å². The number of sulfone groups is 1. The number of hydrogen-bond acceptors (Lipinski definition) is 5. The minimum absolute atomic E-state index is 0.285. The molecule has 0 aliphatic carbocycles. The second-order valence-corrected chi connectivity index (χ2v) is 7.08. The van der Waals surface area contributed by atoms with Gasteiger partial charge in [-0.05, 0) is 37.6 Å². The molecule has 0 saturated carbocycles. The SMILES string of the molecule is CCc1cc(Nc2cccc(S(C)(=O)=O)c2)c(C)nc1OC. The third-order valence-corrected chi connectivity index (χ3v) is 4.48. The lowest BCUT2D eigenvalue weighted by molar-refractivity contribution is 0.392. The van der Waals surface area contributed by atoms with Crippen LogP contribution < -0.4 is 10.1 Å². The fraction of sp³-hybridized carbons (Fsp3) is 0.312. The van der Waals surface area contributed by atoms with Gasteiger partial charge in [-0.25, -0.2) is 13.4 Å².